The fourth-order valence-electron chi connectivity index (χ4n) is 20.9. The van der Waals surface area contributed by atoms with E-state index in [9.17, 15) is 82.1 Å². The Labute approximate surface area is 877 Å². The van der Waals surface area contributed by atoms with Crippen molar-refractivity contribution in [3.8, 4) is 11.5 Å². The third-order valence-corrected chi connectivity index (χ3v) is 30.9. The number of ketones is 4. The summed E-state index contributed by atoms with van der Waals surface area (Å²) in [5.41, 5.74) is 3.05. The molecule has 11 rings (SSSR count). The molecule has 0 radical (unpaired) electrons. The third-order valence-electron chi connectivity index (χ3n) is 28.3. The number of rotatable bonds is 67. The number of hydrogen-bond donors (Lipinski definition) is 9. The topological polar surface area (TPSA) is 535 Å². The van der Waals surface area contributed by atoms with Crippen LogP contribution < -0.4 is 35.8 Å². The van der Waals surface area contributed by atoms with Gasteiger partial charge in [-0.25, -0.2) is 0 Å². The van der Waals surface area contributed by atoms with Crippen molar-refractivity contribution in [3.05, 3.63) is 124 Å². The van der Waals surface area contributed by atoms with Crippen molar-refractivity contribution < 1.29 is 153 Å². The molecule has 8 N–H and O–H groups in total. The molecule has 9 unspecified atom stereocenters. The van der Waals surface area contributed by atoms with Crippen LogP contribution in [0.2, 0.25) is 0 Å². The van der Waals surface area contributed by atoms with Crippen molar-refractivity contribution in [2.75, 3.05) is 208 Å². The Morgan fingerprint density at radius 2 is 1.14 bits per heavy atom. The quantitative estimate of drug-likeness (QED) is 0.00562. The van der Waals surface area contributed by atoms with Crippen LogP contribution in [0, 0.1) is 0 Å². The number of anilines is 1. The fraction of sp³-hybridized carbons (Fsp3) is 0.637. The van der Waals surface area contributed by atoms with E-state index in [-0.39, 0.29) is 214 Å². The van der Waals surface area contributed by atoms with Crippen LogP contribution in [-0.4, -0.2) is 383 Å². The smallest absolute Gasteiger partial charge is 0.304 e. The zero-order chi connectivity index (χ0) is 107. The molecule has 9 atom stereocenters. The number of amides is 5. The predicted molar refractivity (Wildman–Crippen MR) is 549 cm³/mol. The Balaban J connectivity index is 0.781. The number of likely N-dealkylation sites (tertiary alicyclic amines) is 5. The molecule has 5 saturated heterocycles. The highest BCUT2D eigenvalue weighted by Gasteiger charge is 2.53. The van der Waals surface area contributed by atoms with Gasteiger partial charge in [0.15, 0.2) is 23.0 Å². The lowest BCUT2D eigenvalue weighted by atomic mass is 9.76. The lowest BCUT2D eigenvalue weighted by Gasteiger charge is -2.35. The molecule has 0 bridgehead atoms. The molecular formula is C102H148N11O32S4+. The second kappa shape index (κ2) is 58.7. The van der Waals surface area contributed by atoms with E-state index in [2.05, 4.69) is 38.5 Å². The number of benzene rings is 3. The lowest BCUT2D eigenvalue weighted by Crippen LogP contribution is -2.57. The van der Waals surface area contributed by atoms with Gasteiger partial charge in [0, 0.05) is 190 Å². The van der Waals surface area contributed by atoms with Gasteiger partial charge >= 0.3 is 5.97 Å². The number of ether oxygens (including phenoxy) is 9. The van der Waals surface area contributed by atoms with E-state index < -0.39 is 112 Å². The zero-order valence-electron chi connectivity index (χ0n) is 86.0. The Morgan fingerprint density at radius 3 is 1.78 bits per heavy atom. The maximum atomic E-state index is 15.1. The zero-order valence-corrected chi connectivity index (χ0v) is 89.3. The van der Waals surface area contributed by atoms with Crippen LogP contribution in [0.3, 0.4) is 0 Å². The maximum Gasteiger partial charge on any atom is 0.304 e. The summed E-state index contributed by atoms with van der Waals surface area (Å²) in [5, 5.41) is 26.1. The summed E-state index contributed by atoms with van der Waals surface area (Å²) in [6, 6.07) is 10.9. The van der Waals surface area contributed by atoms with Gasteiger partial charge in [-0.05, 0) is 219 Å². The Kier molecular flexibility index (Phi) is 47.2. The summed E-state index contributed by atoms with van der Waals surface area (Å²) in [6.45, 7) is 13.4. The monoisotopic (exact) mass is 2170 g/mol. The van der Waals surface area contributed by atoms with Crippen LogP contribution in [-0.2, 0) is 132 Å². The Bertz CT molecular complexity index is 5610. The largest absolute Gasteiger partial charge is 0.481 e. The molecule has 7 aliphatic heterocycles. The van der Waals surface area contributed by atoms with Crippen molar-refractivity contribution in [1.82, 2.24) is 45.8 Å². The minimum atomic E-state index is -4.78. The first-order valence-corrected chi connectivity index (χ1v) is 56.3. The summed E-state index contributed by atoms with van der Waals surface area (Å²) >= 11 is 3.69. The summed E-state index contributed by atoms with van der Waals surface area (Å²) in [5.74, 6) is -3.74. The van der Waals surface area contributed by atoms with E-state index in [0.717, 1.165) is 5.56 Å². The second-order valence-corrected chi connectivity index (χ2v) is 43.7. The van der Waals surface area contributed by atoms with E-state index in [1.165, 1.54) is 41.8 Å². The predicted octanol–water partition coefficient (Wildman–Crippen LogP) is 6.39. The van der Waals surface area contributed by atoms with Crippen LogP contribution >= 0.6 is 12.9 Å². The summed E-state index contributed by atoms with van der Waals surface area (Å²) in [7, 11) is -10.5. The highest BCUT2D eigenvalue weighted by molar-refractivity contribution is 7.86. The number of methoxy groups -OCH3 is 2. The summed E-state index contributed by atoms with van der Waals surface area (Å²) in [4.78, 5) is 152. The molecule has 826 valence electrons. The second-order valence-electron chi connectivity index (χ2n) is 39.0. The van der Waals surface area contributed by atoms with E-state index in [1.807, 2.05) is 57.4 Å². The normalized spacial score (nSPS) is 22.3. The number of Topliss-reactive ketones (excluding diaryl/α,β-unsaturated/α-hetero) is 4. The standard InChI is InChI=1S/C102H147N11O32S4/c1-71(114)35-47-108-68-76(64-89(108)92(118)70-107-42-9-18-87(107)98(122)113-69-77(106-72(2)115)65-90(113)100(124)112-44-11-19-88(112)99(123)111-43-10-17-86(111)91(117)33-39-103-40-34-95(119)120)104-38-8-16-78(116)32-41-105-97(121)75-20-24-79(25-21-75)142-96-73(22-30-93-101(3,36-48-136-54-56-140-60-58-138-52-50-134-5)82-66-80(143-144-145-146)26-28-84(82)109(93)45-12-62-147(125,126)127)14-7-15-74(96)23-31-94-102(4,37-49-137-55-57-141-61-59-139-53-51-135-6)83-67-81(149(131,132)133)27-29-85(83)110(94)46-13-63-148(128,129)130/h20-31,66-67,76-77,86-90,103-104H,7-19,32-65,68-70H2,1-6H3,(H6-,105,106,115,119,120,121,125,126,127,128,129,130,131,132,133,146)/p+1. The molecule has 47 heteroatoms. The van der Waals surface area contributed by atoms with E-state index in [4.69, 9.17) is 57.7 Å². The number of nitrogens with one attached hydrogen (secondary N) is 4. The van der Waals surface area contributed by atoms with E-state index in [1.54, 1.807) is 61.6 Å². The first-order chi connectivity index (χ1) is 71.3. The average molecular weight is 2170 g/mol. The average Bonchev–Trinajstić information content (AvgIpc) is 1.64. The molecule has 0 saturated carbocycles. The Hall–Kier alpha value is -9.29. The molecule has 5 fully saturated rings. The maximum absolute atomic E-state index is 15.1. The SMILES string of the molecule is COCCOCCOCCOCCC1(C)C(/C=C/C2=C(Oc3ccc(C(=O)NCCC(=O)CCCNC4CC(C(=O)CN5CCCC5C(=O)N5CC(NC(C)=O)CC5C(=O)N5CCCC5C(=O)N5CCCC5C(=O)CCNCCC(=O)O)N(CCC(C)=O)C4)cc3)C(=C/C=C3/N(CCCS(=O)(=O)O)c4ccc(S(=O)(=O)O)cc4C3(C)CCOCCOCCOCCOC)/CCC2)=[N+](CCCS(=O)(=O)O)c2ccc(OOOS)cc21. The van der Waals surface area contributed by atoms with Gasteiger partial charge in [0.1, 0.15) is 41.7 Å². The number of aliphatic carboxylic acids is 1. The molecule has 0 spiro atoms. The minimum Gasteiger partial charge on any atom is -0.481 e. The first kappa shape index (κ1) is 120. The molecule has 8 aliphatic rings. The van der Waals surface area contributed by atoms with E-state index >= 15 is 4.79 Å². The van der Waals surface area contributed by atoms with Crippen LogP contribution in [0.1, 0.15) is 184 Å². The lowest BCUT2D eigenvalue weighted by molar-refractivity contribution is -0.437. The van der Waals surface area contributed by atoms with Crippen molar-refractivity contribution in [2.24, 2.45) is 0 Å². The molecule has 3 aromatic rings. The number of carboxylic acid groups (broad SMARTS) is 1. The van der Waals surface area contributed by atoms with Crippen molar-refractivity contribution in [3.63, 3.8) is 0 Å². The minimum absolute atomic E-state index is 0.000418. The molecule has 0 aromatic heterocycles. The van der Waals surface area contributed by atoms with Gasteiger partial charge in [-0.15, -0.1) is 4.33 Å². The van der Waals surface area contributed by atoms with E-state index in [0.29, 0.717) is 208 Å². The van der Waals surface area contributed by atoms with Gasteiger partial charge in [-0.2, -0.15) is 29.8 Å². The number of nitrogens with zero attached hydrogens (tertiary/aromatic N) is 7. The summed E-state index contributed by atoms with van der Waals surface area (Å²) < 4.78 is 165. The molecular weight excluding hydrogens is 2020 g/mol. The van der Waals surface area contributed by atoms with Crippen molar-refractivity contribution in [2.45, 2.75) is 221 Å². The van der Waals surface area contributed by atoms with Gasteiger partial charge in [-0.3, -0.25) is 71.4 Å². The summed E-state index contributed by atoms with van der Waals surface area (Å²) in [6.07, 6.45) is 13.5. The van der Waals surface area contributed by atoms with Gasteiger partial charge < -0.3 is 93.5 Å². The highest BCUT2D eigenvalue weighted by atomic mass is 32.2. The molecule has 149 heavy (non-hydrogen) atoms. The number of hydrogen-bond acceptors (Lipinski definition) is 34. The molecule has 7 heterocycles. The number of carboxylic acids is 1. The van der Waals surface area contributed by atoms with Crippen LogP contribution in [0.4, 0.5) is 11.4 Å². The van der Waals surface area contributed by atoms with Gasteiger partial charge in [-0.1, -0.05) is 6.08 Å². The molecule has 1 aliphatic carbocycles. The van der Waals surface area contributed by atoms with Crippen LogP contribution in [0.5, 0.6) is 11.5 Å². The van der Waals surface area contributed by atoms with Crippen molar-refractivity contribution in [1.29, 1.82) is 0 Å². The number of carbonyl (C=O) groups is 10. The highest BCUT2D eigenvalue weighted by Crippen LogP contribution is 2.52. The number of allylic oxidation sites excluding steroid dienone is 7. The number of thiol groups is 1. The number of carbonyl (C=O) groups excluding carboxylic acids is 9. The Morgan fingerprint density at radius 1 is 0.544 bits per heavy atom. The van der Waals surface area contributed by atoms with Gasteiger partial charge in [0.25, 0.3) is 36.3 Å². The van der Waals surface area contributed by atoms with Gasteiger partial charge in [0.05, 0.1) is 132 Å². The third kappa shape index (κ3) is 35.4. The first-order valence-electron chi connectivity index (χ1n) is 51.3. The van der Waals surface area contributed by atoms with Gasteiger partial charge in [0.2, 0.25) is 29.3 Å². The van der Waals surface area contributed by atoms with Crippen LogP contribution in [0.25, 0.3) is 0 Å². The molecule has 43 nitrogen and oxygen atoms in total. The van der Waals surface area contributed by atoms with Crippen molar-refractivity contribution >= 4 is 119 Å². The number of fused-ring (bicyclic) bond motifs is 2. The fourth-order valence-corrected chi connectivity index (χ4v) is 22.4. The molecule has 3 aromatic carbocycles. The molecule has 5 amide bonds. The van der Waals surface area contributed by atoms with Crippen LogP contribution in [0.15, 0.2) is 112 Å².